The third-order valence-electron chi connectivity index (χ3n) is 6.35. The molecule has 0 aliphatic rings. The van der Waals surface area contributed by atoms with Gasteiger partial charge in [0.1, 0.15) is 11.8 Å². The average molecular weight is 532 g/mol. The fourth-order valence-electron chi connectivity index (χ4n) is 4.02. The Morgan fingerprint density at radius 1 is 1.05 bits per heavy atom. The fourth-order valence-corrected chi connectivity index (χ4v) is 4.98. The molecule has 0 bridgehead atoms. The predicted octanol–water partition coefficient (Wildman–Crippen LogP) is 4.27. The second kappa shape index (κ2) is 14.0. The first kappa shape index (κ1) is 30.2. The number of methoxy groups -OCH3 is 1. The molecule has 0 aromatic heterocycles. The Hall–Kier alpha value is -3.07. The minimum atomic E-state index is -3.58. The van der Waals surface area contributed by atoms with Gasteiger partial charge < -0.3 is 15.0 Å². The number of nitrogens with one attached hydrogen (secondary N) is 1. The van der Waals surface area contributed by atoms with Gasteiger partial charge >= 0.3 is 0 Å². The zero-order valence-corrected chi connectivity index (χ0v) is 23.7. The SMILES string of the molecule is CC[C@@H](C)NC(=O)[C@@H](CC)N(Cc1ccc(C)cc1)C(=O)CCCN(c1cccc(OC)c1)S(C)(=O)=O. The first-order valence-electron chi connectivity index (χ1n) is 12.8. The van der Waals surface area contributed by atoms with E-state index in [9.17, 15) is 18.0 Å². The molecule has 2 amide bonds. The van der Waals surface area contributed by atoms with Crippen LogP contribution in [0, 0.1) is 6.92 Å². The van der Waals surface area contributed by atoms with Crippen molar-refractivity contribution < 1.29 is 22.7 Å². The monoisotopic (exact) mass is 531 g/mol. The molecule has 2 aromatic carbocycles. The van der Waals surface area contributed by atoms with Crippen LogP contribution in [0.1, 0.15) is 57.6 Å². The van der Waals surface area contributed by atoms with Gasteiger partial charge in [-0.3, -0.25) is 13.9 Å². The van der Waals surface area contributed by atoms with E-state index in [1.54, 1.807) is 29.2 Å². The highest BCUT2D eigenvalue weighted by Gasteiger charge is 2.29. The highest BCUT2D eigenvalue weighted by atomic mass is 32.2. The first-order valence-corrected chi connectivity index (χ1v) is 14.6. The van der Waals surface area contributed by atoms with Gasteiger partial charge in [0.15, 0.2) is 0 Å². The third kappa shape index (κ3) is 9.07. The summed E-state index contributed by atoms with van der Waals surface area (Å²) in [6, 6.07) is 14.1. The molecule has 0 fully saturated rings. The molecule has 204 valence electrons. The normalized spacial score (nSPS) is 12.9. The van der Waals surface area contributed by atoms with Gasteiger partial charge in [0.05, 0.1) is 19.1 Å². The number of rotatable bonds is 14. The Bertz CT molecular complexity index is 1130. The van der Waals surface area contributed by atoms with Crippen molar-refractivity contribution in [2.45, 2.75) is 72.0 Å². The molecule has 2 atom stereocenters. The third-order valence-corrected chi connectivity index (χ3v) is 7.55. The van der Waals surface area contributed by atoms with Gasteiger partial charge in [0.2, 0.25) is 21.8 Å². The summed E-state index contributed by atoms with van der Waals surface area (Å²) in [5, 5.41) is 3.01. The summed E-state index contributed by atoms with van der Waals surface area (Å²) in [6.07, 6.45) is 2.81. The average Bonchev–Trinajstić information content (AvgIpc) is 2.86. The number of benzene rings is 2. The molecule has 1 N–H and O–H groups in total. The number of hydrogen-bond acceptors (Lipinski definition) is 5. The fraction of sp³-hybridized carbons (Fsp3) is 0.500. The van der Waals surface area contributed by atoms with Gasteiger partial charge in [-0.15, -0.1) is 0 Å². The maximum atomic E-state index is 13.5. The summed E-state index contributed by atoms with van der Waals surface area (Å²) < 4.78 is 31.6. The lowest BCUT2D eigenvalue weighted by atomic mass is 10.1. The first-order chi connectivity index (χ1) is 17.5. The van der Waals surface area contributed by atoms with E-state index in [0.717, 1.165) is 23.8 Å². The number of hydrogen-bond donors (Lipinski definition) is 1. The van der Waals surface area contributed by atoms with Crippen molar-refractivity contribution in [1.82, 2.24) is 10.2 Å². The lowest BCUT2D eigenvalue weighted by molar-refractivity contribution is -0.141. The van der Waals surface area contributed by atoms with Crippen molar-refractivity contribution >= 4 is 27.5 Å². The lowest BCUT2D eigenvalue weighted by Crippen LogP contribution is -2.50. The standard InChI is InChI=1S/C28H41N3O5S/c1-7-22(4)29-28(33)26(8-2)30(20-23-16-14-21(3)15-17-23)27(32)13-10-18-31(37(6,34)35)24-11-9-12-25(19-24)36-5/h9,11-12,14-17,19,22,26H,7-8,10,13,18,20H2,1-6H3,(H,29,33)/t22-,26-/m1/s1. The second-order valence-electron chi connectivity index (χ2n) is 9.39. The van der Waals surface area contributed by atoms with Gasteiger partial charge in [0.25, 0.3) is 0 Å². The van der Waals surface area contributed by atoms with E-state index in [0.29, 0.717) is 30.8 Å². The van der Waals surface area contributed by atoms with E-state index in [-0.39, 0.29) is 30.8 Å². The van der Waals surface area contributed by atoms with Gasteiger partial charge in [0, 0.05) is 31.6 Å². The number of anilines is 1. The second-order valence-corrected chi connectivity index (χ2v) is 11.3. The highest BCUT2D eigenvalue weighted by Crippen LogP contribution is 2.24. The quantitative estimate of drug-likeness (QED) is 0.393. The lowest BCUT2D eigenvalue weighted by Gasteiger charge is -2.32. The molecule has 37 heavy (non-hydrogen) atoms. The predicted molar refractivity (Wildman–Crippen MR) is 148 cm³/mol. The molecule has 8 nitrogen and oxygen atoms in total. The molecule has 2 aromatic rings. The Morgan fingerprint density at radius 2 is 1.73 bits per heavy atom. The van der Waals surface area contributed by atoms with Crippen molar-refractivity contribution in [2.24, 2.45) is 0 Å². The van der Waals surface area contributed by atoms with E-state index in [4.69, 9.17) is 4.74 Å². The van der Waals surface area contributed by atoms with E-state index < -0.39 is 16.1 Å². The van der Waals surface area contributed by atoms with Crippen molar-refractivity contribution in [3.05, 3.63) is 59.7 Å². The van der Waals surface area contributed by atoms with Gasteiger partial charge in [-0.05, 0) is 50.8 Å². The van der Waals surface area contributed by atoms with Crippen LogP contribution in [0.2, 0.25) is 0 Å². The number of nitrogens with zero attached hydrogens (tertiary/aromatic N) is 2. The maximum Gasteiger partial charge on any atom is 0.243 e. The summed E-state index contributed by atoms with van der Waals surface area (Å²) in [4.78, 5) is 28.2. The minimum absolute atomic E-state index is 0.00376. The number of amides is 2. The minimum Gasteiger partial charge on any atom is -0.497 e. The van der Waals surface area contributed by atoms with Crippen LogP contribution in [0.5, 0.6) is 5.75 Å². The topological polar surface area (TPSA) is 96.0 Å². The summed E-state index contributed by atoms with van der Waals surface area (Å²) in [7, 11) is -2.06. The molecule has 0 radical (unpaired) electrons. The van der Waals surface area contributed by atoms with Crippen LogP contribution in [-0.4, -0.2) is 57.1 Å². The van der Waals surface area contributed by atoms with Crippen LogP contribution < -0.4 is 14.4 Å². The molecular weight excluding hydrogens is 490 g/mol. The number of aryl methyl sites for hydroxylation is 1. The maximum absolute atomic E-state index is 13.5. The van der Waals surface area contributed by atoms with Crippen LogP contribution >= 0.6 is 0 Å². The summed E-state index contributed by atoms with van der Waals surface area (Å²) in [5.74, 6) is 0.182. The van der Waals surface area contributed by atoms with E-state index in [1.807, 2.05) is 52.0 Å². The molecule has 0 spiro atoms. The van der Waals surface area contributed by atoms with Gasteiger partial charge in [-0.2, -0.15) is 0 Å². The Morgan fingerprint density at radius 3 is 2.30 bits per heavy atom. The number of carbonyl (C=O) groups excluding carboxylic acids is 2. The number of sulfonamides is 1. The van der Waals surface area contributed by atoms with Gasteiger partial charge in [-0.25, -0.2) is 8.42 Å². The molecule has 9 heteroatoms. The van der Waals surface area contributed by atoms with Crippen molar-refractivity contribution in [3.8, 4) is 5.75 Å². The summed E-state index contributed by atoms with van der Waals surface area (Å²) in [5.41, 5.74) is 2.52. The van der Waals surface area contributed by atoms with E-state index >= 15 is 0 Å². The Labute approximate surface area is 222 Å². The smallest absolute Gasteiger partial charge is 0.243 e. The zero-order chi connectivity index (χ0) is 27.6. The van der Waals surface area contributed by atoms with E-state index in [2.05, 4.69) is 5.32 Å². The van der Waals surface area contributed by atoms with Crippen molar-refractivity contribution in [3.63, 3.8) is 0 Å². The molecule has 0 unspecified atom stereocenters. The van der Waals surface area contributed by atoms with Crippen molar-refractivity contribution in [2.75, 3.05) is 24.2 Å². The Kier molecular flexibility index (Phi) is 11.4. The molecule has 0 saturated carbocycles. The van der Waals surface area contributed by atoms with Crippen LogP contribution in [-0.2, 0) is 26.2 Å². The molecule has 0 saturated heterocycles. The highest BCUT2D eigenvalue weighted by molar-refractivity contribution is 7.92. The largest absolute Gasteiger partial charge is 0.497 e. The molecular formula is C28H41N3O5S. The summed E-state index contributed by atoms with van der Waals surface area (Å²) >= 11 is 0. The van der Waals surface area contributed by atoms with Gasteiger partial charge in [-0.1, -0.05) is 49.7 Å². The van der Waals surface area contributed by atoms with Crippen LogP contribution in [0.25, 0.3) is 0 Å². The van der Waals surface area contributed by atoms with Crippen LogP contribution in [0.4, 0.5) is 5.69 Å². The van der Waals surface area contributed by atoms with E-state index in [1.165, 1.54) is 11.4 Å². The van der Waals surface area contributed by atoms with Crippen molar-refractivity contribution in [1.29, 1.82) is 0 Å². The molecule has 0 heterocycles. The van der Waals surface area contributed by atoms with Crippen LogP contribution in [0.15, 0.2) is 48.5 Å². The summed E-state index contributed by atoms with van der Waals surface area (Å²) in [6.45, 7) is 8.26. The van der Waals surface area contributed by atoms with Crippen LogP contribution in [0.3, 0.4) is 0 Å². The molecule has 2 rings (SSSR count). The molecule has 0 aliphatic carbocycles. The number of ether oxygens (including phenoxy) is 1. The zero-order valence-electron chi connectivity index (χ0n) is 22.9. The Balaban J connectivity index is 2.22. The number of carbonyl (C=O) groups is 2. The molecule has 0 aliphatic heterocycles.